The molecular formula is C19H18ClN3S. The van der Waals surface area contributed by atoms with E-state index >= 15 is 0 Å². The fraction of sp³-hybridized carbons (Fsp3) is 0.158. The number of thiazole rings is 1. The maximum Gasteiger partial charge on any atom is 0.211 e. The molecule has 0 bridgehead atoms. The van der Waals surface area contributed by atoms with Crippen molar-refractivity contribution >= 4 is 28.6 Å². The summed E-state index contributed by atoms with van der Waals surface area (Å²) in [6.07, 6.45) is 0. The fourth-order valence-corrected chi connectivity index (χ4v) is 3.47. The second-order valence-electron chi connectivity index (χ2n) is 5.31. The van der Waals surface area contributed by atoms with Gasteiger partial charge in [0.25, 0.3) is 0 Å². The third-order valence-corrected chi connectivity index (χ3v) is 4.84. The number of hydrogen-bond acceptors (Lipinski definition) is 3. The summed E-state index contributed by atoms with van der Waals surface area (Å²) < 4.78 is 2.16. The summed E-state index contributed by atoms with van der Waals surface area (Å²) >= 11 is 7.57. The molecule has 3 rings (SSSR count). The number of hydrogen-bond donors (Lipinski definition) is 0. The molecule has 0 radical (unpaired) electrons. The summed E-state index contributed by atoms with van der Waals surface area (Å²) in [5.74, 6) is 0. The Balaban J connectivity index is 1.99. The van der Waals surface area contributed by atoms with E-state index in [4.69, 9.17) is 11.6 Å². The largest absolute Gasteiger partial charge is 0.315 e. The van der Waals surface area contributed by atoms with E-state index in [9.17, 15) is 0 Å². The minimum atomic E-state index is 0.741. The first-order valence-electron chi connectivity index (χ1n) is 7.77. The smallest absolute Gasteiger partial charge is 0.211 e. The van der Waals surface area contributed by atoms with Crippen molar-refractivity contribution in [1.29, 1.82) is 0 Å². The Hall–Kier alpha value is -2.17. The van der Waals surface area contributed by atoms with Gasteiger partial charge in [-0.3, -0.25) is 0 Å². The second-order valence-corrected chi connectivity index (χ2v) is 6.58. The predicted molar refractivity (Wildman–Crippen MR) is 103 cm³/mol. The molecule has 0 unspecified atom stereocenters. The number of rotatable bonds is 4. The van der Waals surface area contributed by atoms with Crippen LogP contribution in [-0.4, -0.2) is 10.3 Å². The molecule has 0 aliphatic heterocycles. The molecule has 5 heteroatoms. The fourth-order valence-electron chi connectivity index (χ4n) is 2.42. The average molecular weight is 356 g/mol. The van der Waals surface area contributed by atoms with Crippen molar-refractivity contribution in [3.8, 4) is 11.3 Å². The van der Waals surface area contributed by atoms with Crippen LogP contribution in [0.3, 0.4) is 0 Å². The SMILES string of the molecule is CCn1c(-c2ccc(Cl)cc2)cs/c1=N\N=C(\C)c1ccccc1. The summed E-state index contributed by atoms with van der Waals surface area (Å²) in [6.45, 7) is 4.92. The van der Waals surface area contributed by atoms with E-state index in [1.807, 2.05) is 61.5 Å². The van der Waals surface area contributed by atoms with Crippen molar-refractivity contribution in [2.24, 2.45) is 10.2 Å². The Morgan fingerprint density at radius 2 is 1.79 bits per heavy atom. The van der Waals surface area contributed by atoms with Crippen LogP contribution in [0.5, 0.6) is 0 Å². The zero-order valence-electron chi connectivity index (χ0n) is 13.6. The summed E-state index contributed by atoms with van der Waals surface area (Å²) in [6, 6.07) is 17.9. The molecule has 1 heterocycles. The quantitative estimate of drug-likeness (QED) is 0.454. The van der Waals surface area contributed by atoms with Crippen molar-refractivity contribution in [3.63, 3.8) is 0 Å². The molecule has 3 nitrogen and oxygen atoms in total. The van der Waals surface area contributed by atoms with E-state index in [1.165, 1.54) is 0 Å². The maximum atomic E-state index is 5.98. The van der Waals surface area contributed by atoms with Gasteiger partial charge in [-0.25, -0.2) is 0 Å². The third kappa shape index (κ3) is 3.66. The van der Waals surface area contributed by atoms with Gasteiger partial charge in [-0.05, 0) is 37.1 Å². The molecular weight excluding hydrogens is 338 g/mol. The first kappa shape index (κ1) is 16.7. The zero-order chi connectivity index (χ0) is 16.9. The monoisotopic (exact) mass is 355 g/mol. The summed E-state index contributed by atoms with van der Waals surface area (Å²) in [4.78, 5) is 0.887. The first-order chi connectivity index (χ1) is 11.7. The summed E-state index contributed by atoms with van der Waals surface area (Å²) in [7, 11) is 0. The van der Waals surface area contributed by atoms with Crippen LogP contribution in [0.15, 0.2) is 70.2 Å². The molecule has 24 heavy (non-hydrogen) atoms. The molecule has 0 saturated heterocycles. The van der Waals surface area contributed by atoms with Gasteiger partial charge in [0.2, 0.25) is 4.80 Å². The molecule has 0 N–H and O–H groups in total. The highest BCUT2D eigenvalue weighted by Gasteiger charge is 2.06. The van der Waals surface area contributed by atoms with Gasteiger partial charge < -0.3 is 4.57 Å². The van der Waals surface area contributed by atoms with Crippen molar-refractivity contribution < 1.29 is 0 Å². The standard InChI is InChI=1S/C19H18ClN3S/c1-3-23-18(16-9-11-17(20)12-10-16)13-24-19(23)22-21-14(2)15-7-5-4-6-8-15/h4-13H,3H2,1-2H3/b21-14-,22-19-. The van der Waals surface area contributed by atoms with E-state index in [0.29, 0.717) is 0 Å². The lowest BCUT2D eigenvalue weighted by atomic mass is 10.1. The molecule has 0 spiro atoms. The van der Waals surface area contributed by atoms with Crippen molar-refractivity contribution in [2.45, 2.75) is 20.4 Å². The summed E-state index contributed by atoms with van der Waals surface area (Å²) in [5.41, 5.74) is 4.24. The lowest BCUT2D eigenvalue weighted by Gasteiger charge is -2.05. The van der Waals surface area contributed by atoms with Gasteiger partial charge in [-0.1, -0.05) is 54.1 Å². The normalized spacial score (nSPS) is 12.6. The minimum absolute atomic E-state index is 0.741. The van der Waals surface area contributed by atoms with Crippen LogP contribution in [0, 0.1) is 0 Å². The van der Waals surface area contributed by atoms with Crippen molar-refractivity contribution in [1.82, 2.24) is 4.57 Å². The topological polar surface area (TPSA) is 29.6 Å². The average Bonchev–Trinajstić information content (AvgIpc) is 3.04. The van der Waals surface area contributed by atoms with Crippen LogP contribution in [0.25, 0.3) is 11.3 Å². The predicted octanol–water partition coefficient (Wildman–Crippen LogP) is 5.21. The Labute approximate surface area is 150 Å². The van der Waals surface area contributed by atoms with Gasteiger partial charge >= 0.3 is 0 Å². The summed E-state index contributed by atoms with van der Waals surface area (Å²) in [5, 5.41) is 11.7. The van der Waals surface area contributed by atoms with Gasteiger partial charge in [-0.15, -0.1) is 16.4 Å². The molecule has 0 atom stereocenters. The highest BCUT2D eigenvalue weighted by Crippen LogP contribution is 2.22. The van der Waals surface area contributed by atoms with Crippen molar-refractivity contribution in [3.05, 3.63) is 75.4 Å². The molecule has 0 saturated carbocycles. The molecule has 122 valence electrons. The van der Waals surface area contributed by atoms with Crippen LogP contribution in [0.2, 0.25) is 5.02 Å². The van der Waals surface area contributed by atoms with Gasteiger partial charge in [0, 0.05) is 16.9 Å². The molecule has 0 aliphatic carbocycles. The highest BCUT2D eigenvalue weighted by molar-refractivity contribution is 7.07. The molecule has 1 aromatic heterocycles. The Bertz CT molecular complexity index is 906. The number of aromatic nitrogens is 1. The van der Waals surface area contributed by atoms with Crippen LogP contribution < -0.4 is 4.80 Å². The second kappa shape index (κ2) is 7.60. The van der Waals surface area contributed by atoms with E-state index in [1.54, 1.807) is 11.3 Å². The number of nitrogens with zero attached hydrogens (tertiary/aromatic N) is 3. The van der Waals surface area contributed by atoms with Crippen LogP contribution in [-0.2, 0) is 6.54 Å². The zero-order valence-corrected chi connectivity index (χ0v) is 15.2. The first-order valence-corrected chi connectivity index (χ1v) is 9.02. The molecule has 3 aromatic rings. The number of benzene rings is 2. The van der Waals surface area contributed by atoms with E-state index in [0.717, 1.165) is 38.9 Å². The van der Waals surface area contributed by atoms with Gasteiger partial charge in [0.05, 0.1) is 11.4 Å². The van der Waals surface area contributed by atoms with Crippen LogP contribution >= 0.6 is 22.9 Å². The highest BCUT2D eigenvalue weighted by atomic mass is 35.5. The lowest BCUT2D eigenvalue weighted by molar-refractivity contribution is 0.736. The van der Waals surface area contributed by atoms with E-state index in [2.05, 4.69) is 27.1 Å². The molecule has 0 amide bonds. The lowest BCUT2D eigenvalue weighted by Crippen LogP contribution is -2.14. The Kier molecular flexibility index (Phi) is 5.28. The van der Waals surface area contributed by atoms with Gasteiger partial charge in [0.1, 0.15) is 0 Å². The van der Waals surface area contributed by atoms with E-state index < -0.39 is 0 Å². The van der Waals surface area contributed by atoms with Crippen molar-refractivity contribution in [2.75, 3.05) is 0 Å². The molecule has 0 aliphatic rings. The van der Waals surface area contributed by atoms with Crippen LogP contribution in [0.1, 0.15) is 19.4 Å². The van der Waals surface area contributed by atoms with Gasteiger partial charge in [0.15, 0.2) is 0 Å². The van der Waals surface area contributed by atoms with E-state index in [-0.39, 0.29) is 0 Å². The Morgan fingerprint density at radius 3 is 2.46 bits per heavy atom. The number of halogens is 1. The minimum Gasteiger partial charge on any atom is -0.315 e. The van der Waals surface area contributed by atoms with Crippen LogP contribution in [0.4, 0.5) is 0 Å². The molecule has 2 aromatic carbocycles. The molecule has 0 fully saturated rings. The van der Waals surface area contributed by atoms with Gasteiger partial charge in [-0.2, -0.15) is 5.10 Å². The Morgan fingerprint density at radius 1 is 1.08 bits per heavy atom. The third-order valence-electron chi connectivity index (χ3n) is 3.73. The maximum absolute atomic E-state index is 5.98.